The molecule has 0 aliphatic heterocycles. The molecule has 0 amide bonds. The zero-order valence-corrected chi connectivity index (χ0v) is 16.5. The zero-order valence-electron chi connectivity index (χ0n) is 15.7. The lowest BCUT2D eigenvalue weighted by atomic mass is 10.1. The monoisotopic (exact) mass is 380 g/mol. The van der Waals surface area contributed by atoms with E-state index in [-0.39, 0.29) is 5.56 Å². The van der Waals surface area contributed by atoms with Crippen LogP contribution in [-0.4, -0.2) is 23.1 Å². The minimum atomic E-state index is -0.0467. The standard InChI is InChI=1S/C21H20N2O3S/c1-5-26-18-10-14(6-7-17(18)25-4)11-19-20(24)23-16-9-13(3)12(2)8-15(16)22-21(23)27-19/h6-11H,5H2,1-4H3/b19-11+. The molecule has 0 aliphatic rings. The van der Waals surface area contributed by atoms with Gasteiger partial charge in [0.2, 0.25) is 0 Å². The number of nitrogens with zero attached hydrogens (tertiary/aromatic N) is 2. The van der Waals surface area contributed by atoms with E-state index >= 15 is 0 Å². The van der Waals surface area contributed by atoms with Crippen molar-refractivity contribution in [1.29, 1.82) is 0 Å². The van der Waals surface area contributed by atoms with Gasteiger partial charge in [-0.05, 0) is 67.8 Å². The van der Waals surface area contributed by atoms with Gasteiger partial charge in [0, 0.05) is 0 Å². The molecule has 0 fully saturated rings. The van der Waals surface area contributed by atoms with Crippen LogP contribution in [0.3, 0.4) is 0 Å². The van der Waals surface area contributed by atoms with Crippen LogP contribution >= 0.6 is 11.3 Å². The molecule has 0 spiro atoms. The van der Waals surface area contributed by atoms with Crippen LogP contribution in [-0.2, 0) is 0 Å². The van der Waals surface area contributed by atoms with Crippen LogP contribution in [0.15, 0.2) is 35.1 Å². The number of hydrogen-bond acceptors (Lipinski definition) is 5. The molecule has 27 heavy (non-hydrogen) atoms. The van der Waals surface area contributed by atoms with Crippen molar-refractivity contribution in [3.63, 3.8) is 0 Å². The van der Waals surface area contributed by atoms with E-state index in [1.807, 2.05) is 50.3 Å². The molecule has 0 bridgehead atoms. The average Bonchev–Trinajstić information content (AvgIpc) is 3.13. The van der Waals surface area contributed by atoms with Gasteiger partial charge < -0.3 is 9.47 Å². The molecule has 0 saturated heterocycles. The van der Waals surface area contributed by atoms with Crippen LogP contribution in [0.1, 0.15) is 23.6 Å². The summed E-state index contributed by atoms with van der Waals surface area (Å²) in [6.07, 6.45) is 1.87. The predicted octanol–water partition coefficient (Wildman–Crippen LogP) is 3.48. The van der Waals surface area contributed by atoms with E-state index in [4.69, 9.17) is 9.47 Å². The average molecular weight is 380 g/mol. The Balaban J connectivity index is 1.89. The van der Waals surface area contributed by atoms with Gasteiger partial charge in [-0.15, -0.1) is 0 Å². The number of rotatable bonds is 4. The first-order valence-electron chi connectivity index (χ1n) is 8.76. The quantitative estimate of drug-likeness (QED) is 0.544. The Bertz CT molecular complexity index is 1270. The number of hydrogen-bond donors (Lipinski definition) is 0. The lowest BCUT2D eigenvalue weighted by Gasteiger charge is -2.09. The van der Waals surface area contributed by atoms with Crippen molar-refractivity contribution in [3.05, 3.63) is 61.9 Å². The van der Waals surface area contributed by atoms with Crippen molar-refractivity contribution < 1.29 is 9.47 Å². The van der Waals surface area contributed by atoms with Crippen molar-refractivity contribution >= 4 is 33.4 Å². The molecule has 138 valence electrons. The molecule has 0 aliphatic carbocycles. The fourth-order valence-electron chi connectivity index (χ4n) is 3.12. The lowest BCUT2D eigenvalue weighted by molar-refractivity contribution is 0.311. The SMILES string of the molecule is CCOc1cc(/C=c2/sc3nc4cc(C)c(C)cc4n3c2=O)ccc1OC. The van der Waals surface area contributed by atoms with E-state index in [0.29, 0.717) is 27.6 Å². The third-order valence-corrected chi connectivity index (χ3v) is 5.61. The molecular formula is C21H20N2O3S. The number of methoxy groups -OCH3 is 1. The highest BCUT2D eigenvalue weighted by atomic mass is 32.1. The minimum absolute atomic E-state index is 0.0467. The van der Waals surface area contributed by atoms with Crippen LogP contribution in [0.2, 0.25) is 0 Å². The highest BCUT2D eigenvalue weighted by Gasteiger charge is 2.12. The van der Waals surface area contributed by atoms with E-state index < -0.39 is 0 Å². The Hall–Kier alpha value is -2.86. The molecular weight excluding hydrogens is 360 g/mol. The summed E-state index contributed by atoms with van der Waals surface area (Å²) in [5.74, 6) is 1.34. The number of aromatic nitrogens is 2. The number of benzene rings is 2. The zero-order chi connectivity index (χ0) is 19.1. The maximum atomic E-state index is 13.0. The van der Waals surface area contributed by atoms with Gasteiger partial charge in [0.25, 0.3) is 5.56 Å². The van der Waals surface area contributed by atoms with Gasteiger partial charge >= 0.3 is 0 Å². The van der Waals surface area contributed by atoms with E-state index in [0.717, 1.165) is 22.2 Å². The normalized spacial score (nSPS) is 12.2. The summed E-state index contributed by atoms with van der Waals surface area (Å²) in [6.45, 7) is 6.57. The Morgan fingerprint density at radius 2 is 1.93 bits per heavy atom. The smallest absolute Gasteiger partial charge is 0.274 e. The van der Waals surface area contributed by atoms with Gasteiger partial charge in [-0.3, -0.25) is 4.79 Å². The summed E-state index contributed by atoms with van der Waals surface area (Å²) in [4.78, 5) is 18.3. The molecule has 2 aromatic carbocycles. The fourth-order valence-corrected chi connectivity index (χ4v) is 4.11. The molecule has 0 unspecified atom stereocenters. The Morgan fingerprint density at radius 1 is 1.15 bits per heavy atom. The Morgan fingerprint density at radius 3 is 2.67 bits per heavy atom. The second-order valence-electron chi connectivity index (χ2n) is 6.41. The molecule has 6 heteroatoms. The van der Waals surface area contributed by atoms with Crippen molar-refractivity contribution in [3.8, 4) is 11.5 Å². The molecule has 0 radical (unpaired) electrons. The first kappa shape index (κ1) is 17.5. The van der Waals surface area contributed by atoms with E-state index in [1.54, 1.807) is 11.5 Å². The second kappa shape index (κ2) is 6.70. The summed E-state index contributed by atoms with van der Waals surface area (Å²) < 4.78 is 13.3. The molecule has 2 aromatic heterocycles. The van der Waals surface area contributed by atoms with Crippen LogP contribution < -0.4 is 19.6 Å². The van der Waals surface area contributed by atoms with Crippen LogP contribution in [0, 0.1) is 13.8 Å². The highest BCUT2D eigenvalue weighted by Crippen LogP contribution is 2.28. The summed E-state index contributed by atoms with van der Waals surface area (Å²) >= 11 is 1.40. The summed E-state index contributed by atoms with van der Waals surface area (Å²) in [7, 11) is 1.61. The van der Waals surface area contributed by atoms with E-state index in [9.17, 15) is 4.79 Å². The van der Waals surface area contributed by atoms with Gasteiger partial charge in [0.15, 0.2) is 16.5 Å². The second-order valence-corrected chi connectivity index (χ2v) is 7.42. The number of imidazole rings is 1. The molecule has 0 N–H and O–H groups in total. The van der Waals surface area contributed by atoms with E-state index in [2.05, 4.69) is 11.9 Å². The third kappa shape index (κ3) is 2.96. The Labute approximate surface area is 160 Å². The maximum absolute atomic E-state index is 13.0. The summed E-state index contributed by atoms with van der Waals surface area (Å²) in [5.41, 5.74) is 4.88. The van der Waals surface area contributed by atoms with E-state index in [1.165, 1.54) is 16.9 Å². The first-order chi connectivity index (χ1) is 13.0. The minimum Gasteiger partial charge on any atom is -0.493 e. The molecule has 5 nitrogen and oxygen atoms in total. The lowest BCUT2D eigenvalue weighted by Crippen LogP contribution is -2.22. The van der Waals surface area contributed by atoms with Gasteiger partial charge in [-0.25, -0.2) is 9.38 Å². The van der Waals surface area contributed by atoms with Gasteiger partial charge in [-0.1, -0.05) is 17.4 Å². The molecule has 0 saturated carbocycles. The predicted molar refractivity (Wildman–Crippen MR) is 109 cm³/mol. The molecule has 2 heterocycles. The van der Waals surface area contributed by atoms with Gasteiger partial charge in [0.05, 0.1) is 29.3 Å². The first-order valence-corrected chi connectivity index (χ1v) is 9.58. The number of fused-ring (bicyclic) bond motifs is 3. The van der Waals surface area contributed by atoms with Crippen molar-refractivity contribution in [2.45, 2.75) is 20.8 Å². The molecule has 0 atom stereocenters. The maximum Gasteiger partial charge on any atom is 0.274 e. The van der Waals surface area contributed by atoms with Crippen LogP contribution in [0.4, 0.5) is 0 Å². The van der Waals surface area contributed by atoms with Crippen molar-refractivity contribution in [1.82, 2.24) is 9.38 Å². The number of ether oxygens (including phenoxy) is 2. The van der Waals surface area contributed by atoms with Gasteiger partial charge in [0.1, 0.15) is 0 Å². The molecule has 4 rings (SSSR count). The highest BCUT2D eigenvalue weighted by molar-refractivity contribution is 7.15. The van der Waals surface area contributed by atoms with Crippen molar-refractivity contribution in [2.24, 2.45) is 0 Å². The van der Waals surface area contributed by atoms with Crippen LogP contribution in [0.25, 0.3) is 22.1 Å². The van der Waals surface area contributed by atoms with Gasteiger partial charge in [-0.2, -0.15) is 0 Å². The largest absolute Gasteiger partial charge is 0.493 e. The van der Waals surface area contributed by atoms with Crippen molar-refractivity contribution in [2.75, 3.05) is 13.7 Å². The number of thiazole rings is 1. The summed E-state index contributed by atoms with van der Waals surface area (Å²) in [6, 6.07) is 9.71. The molecule has 4 aromatic rings. The topological polar surface area (TPSA) is 52.8 Å². The third-order valence-electron chi connectivity index (χ3n) is 4.64. The number of aryl methyl sites for hydroxylation is 2. The summed E-state index contributed by atoms with van der Waals surface area (Å²) in [5, 5.41) is 0. The Kier molecular flexibility index (Phi) is 4.36. The fraction of sp³-hybridized carbons (Fsp3) is 0.238. The van der Waals surface area contributed by atoms with Crippen LogP contribution in [0.5, 0.6) is 11.5 Å².